The molecule has 2 aromatic rings. The second kappa shape index (κ2) is 10.1. The summed E-state index contributed by atoms with van der Waals surface area (Å²) in [7, 11) is 0. The van der Waals surface area contributed by atoms with Crippen molar-refractivity contribution < 1.29 is 23.9 Å². The molecule has 2 aliphatic heterocycles. The Balaban J connectivity index is 1.23. The van der Waals surface area contributed by atoms with E-state index in [2.05, 4.69) is 0 Å². The van der Waals surface area contributed by atoms with Crippen molar-refractivity contribution >= 4 is 23.7 Å². The highest BCUT2D eigenvalue weighted by molar-refractivity contribution is 5.95. The van der Waals surface area contributed by atoms with E-state index in [0.717, 1.165) is 5.56 Å². The van der Waals surface area contributed by atoms with Gasteiger partial charge in [0, 0.05) is 31.9 Å². The van der Waals surface area contributed by atoms with Crippen molar-refractivity contribution in [3.63, 3.8) is 0 Å². The SMILES string of the molecule is N#Cc1ccc(N2CC(C(=O)N3CCN(CC(=O)OCc4ccccc4)CC3)OC2=O)cc1. The molecule has 0 radical (unpaired) electrons. The topological polar surface area (TPSA) is 103 Å². The summed E-state index contributed by atoms with van der Waals surface area (Å²) >= 11 is 0. The molecule has 1 unspecified atom stereocenters. The van der Waals surface area contributed by atoms with Crippen LogP contribution in [0.2, 0.25) is 0 Å². The van der Waals surface area contributed by atoms with E-state index in [-0.39, 0.29) is 31.6 Å². The van der Waals surface area contributed by atoms with Crippen molar-refractivity contribution in [3.8, 4) is 6.07 Å². The van der Waals surface area contributed by atoms with E-state index in [1.807, 2.05) is 41.3 Å². The van der Waals surface area contributed by atoms with Gasteiger partial charge in [-0.25, -0.2) is 4.79 Å². The molecule has 0 spiro atoms. The first kappa shape index (κ1) is 22.3. The molecule has 2 aliphatic rings. The van der Waals surface area contributed by atoms with Crippen LogP contribution < -0.4 is 4.90 Å². The molecular formula is C24H24N4O5. The Labute approximate surface area is 191 Å². The highest BCUT2D eigenvalue weighted by Gasteiger charge is 2.39. The van der Waals surface area contributed by atoms with Crippen LogP contribution in [0, 0.1) is 11.3 Å². The molecule has 4 rings (SSSR count). The number of anilines is 1. The molecule has 9 heteroatoms. The highest BCUT2D eigenvalue weighted by Crippen LogP contribution is 2.23. The number of benzene rings is 2. The number of nitrogens with zero attached hydrogens (tertiary/aromatic N) is 4. The molecule has 0 N–H and O–H groups in total. The standard InChI is InChI=1S/C24H24N4O5/c25-14-18-6-8-20(9-7-18)28-15-21(33-24(28)31)23(30)27-12-10-26(11-13-27)16-22(29)32-17-19-4-2-1-3-5-19/h1-9,21H,10-13,15-17H2. The molecule has 2 saturated heterocycles. The smallest absolute Gasteiger partial charge is 0.415 e. The minimum atomic E-state index is -0.879. The zero-order chi connectivity index (χ0) is 23.2. The Hall–Kier alpha value is -3.90. The predicted octanol–water partition coefficient (Wildman–Crippen LogP) is 1.77. The summed E-state index contributed by atoms with van der Waals surface area (Å²) in [5.74, 6) is -0.549. The molecule has 2 amide bonds. The van der Waals surface area contributed by atoms with Crippen LogP contribution in [0.15, 0.2) is 54.6 Å². The lowest BCUT2D eigenvalue weighted by atomic mass is 10.2. The van der Waals surface area contributed by atoms with Gasteiger partial charge >= 0.3 is 12.1 Å². The van der Waals surface area contributed by atoms with Gasteiger partial charge in [0.1, 0.15) is 6.61 Å². The Bertz CT molecular complexity index is 1040. The number of hydrogen-bond acceptors (Lipinski definition) is 7. The number of amides is 2. The molecule has 33 heavy (non-hydrogen) atoms. The van der Waals surface area contributed by atoms with Gasteiger partial charge in [-0.15, -0.1) is 0 Å². The normalized spacial score (nSPS) is 18.5. The van der Waals surface area contributed by atoms with Gasteiger partial charge < -0.3 is 14.4 Å². The highest BCUT2D eigenvalue weighted by atomic mass is 16.6. The maximum absolute atomic E-state index is 12.9. The van der Waals surface area contributed by atoms with Crippen LogP contribution in [-0.4, -0.2) is 73.1 Å². The number of rotatable bonds is 6. The second-order valence-corrected chi connectivity index (χ2v) is 7.89. The van der Waals surface area contributed by atoms with Crippen molar-refractivity contribution in [1.29, 1.82) is 5.26 Å². The van der Waals surface area contributed by atoms with Gasteiger partial charge in [0.25, 0.3) is 5.91 Å². The third kappa shape index (κ3) is 5.48. The van der Waals surface area contributed by atoms with Crippen LogP contribution >= 0.6 is 0 Å². The van der Waals surface area contributed by atoms with E-state index < -0.39 is 12.2 Å². The fourth-order valence-electron chi connectivity index (χ4n) is 3.81. The average molecular weight is 448 g/mol. The maximum atomic E-state index is 12.9. The summed E-state index contributed by atoms with van der Waals surface area (Å²) in [5.41, 5.74) is 2.00. The molecule has 170 valence electrons. The molecule has 2 heterocycles. The van der Waals surface area contributed by atoms with Crippen LogP contribution in [0.4, 0.5) is 10.5 Å². The van der Waals surface area contributed by atoms with Gasteiger partial charge in [-0.05, 0) is 29.8 Å². The quantitative estimate of drug-likeness (QED) is 0.621. The Morgan fingerprint density at radius 1 is 1.03 bits per heavy atom. The Kier molecular flexibility index (Phi) is 6.86. The molecular weight excluding hydrogens is 424 g/mol. The van der Waals surface area contributed by atoms with E-state index in [0.29, 0.717) is 37.4 Å². The summed E-state index contributed by atoms with van der Waals surface area (Å²) < 4.78 is 10.6. The molecule has 0 aromatic heterocycles. The lowest BCUT2D eigenvalue weighted by Crippen LogP contribution is -2.53. The van der Waals surface area contributed by atoms with Crippen molar-refractivity contribution in [2.45, 2.75) is 12.7 Å². The molecule has 0 saturated carbocycles. The first-order valence-corrected chi connectivity index (χ1v) is 10.7. The minimum Gasteiger partial charge on any atom is -0.460 e. The lowest BCUT2D eigenvalue weighted by molar-refractivity contribution is -0.147. The van der Waals surface area contributed by atoms with Crippen molar-refractivity contribution in [1.82, 2.24) is 9.80 Å². The van der Waals surface area contributed by atoms with Gasteiger partial charge in [0.2, 0.25) is 0 Å². The molecule has 9 nitrogen and oxygen atoms in total. The third-order valence-corrected chi connectivity index (χ3v) is 5.67. The molecule has 0 aliphatic carbocycles. The first-order chi connectivity index (χ1) is 16.0. The van der Waals surface area contributed by atoms with Gasteiger partial charge in [-0.1, -0.05) is 30.3 Å². The summed E-state index contributed by atoms with van der Waals surface area (Å²) in [6.45, 7) is 2.47. The average Bonchev–Trinajstić information content (AvgIpc) is 3.25. The van der Waals surface area contributed by atoms with Crippen LogP contribution in [0.1, 0.15) is 11.1 Å². The lowest BCUT2D eigenvalue weighted by Gasteiger charge is -2.34. The second-order valence-electron chi connectivity index (χ2n) is 7.89. The third-order valence-electron chi connectivity index (χ3n) is 5.67. The van der Waals surface area contributed by atoms with Gasteiger partial charge in [-0.3, -0.25) is 19.4 Å². The fourth-order valence-corrected chi connectivity index (χ4v) is 3.81. The molecule has 2 fully saturated rings. The van der Waals surface area contributed by atoms with Crippen LogP contribution in [0.5, 0.6) is 0 Å². The molecule has 2 aromatic carbocycles. The molecule has 0 bridgehead atoms. The zero-order valence-electron chi connectivity index (χ0n) is 18.1. The summed E-state index contributed by atoms with van der Waals surface area (Å²) in [6, 6.07) is 18.1. The van der Waals surface area contributed by atoms with Crippen LogP contribution in [0.25, 0.3) is 0 Å². The van der Waals surface area contributed by atoms with Crippen LogP contribution in [0.3, 0.4) is 0 Å². The fraction of sp³-hybridized carbons (Fsp3) is 0.333. The van der Waals surface area contributed by atoms with Crippen molar-refractivity contribution in [2.75, 3.05) is 44.2 Å². The van der Waals surface area contributed by atoms with Crippen molar-refractivity contribution in [2.24, 2.45) is 0 Å². The Morgan fingerprint density at radius 2 is 1.73 bits per heavy atom. The number of piperazine rings is 1. The number of hydrogen-bond donors (Lipinski definition) is 0. The first-order valence-electron chi connectivity index (χ1n) is 10.7. The number of carbonyl (C=O) groups excluding carboxylic acids is 3. The number of cyclic esters (lactones) is 1. The summed E-state index contributed by atoms with van der Waals surface area (Å²) in [6.07, 6.45) is -1.46. The van der Waals surface area contributed by atoms with E-state index in [1.165, 1.54) is 4.90 Å². The van der Waals surface area contributed by atoms with E-state index in [9.17, 15) is 14.4 Å². The number of nitriles is 1. The monoisotopic (exact) mass is 448 g/mol. The number of ether oxygens (including phenoxy) is 2. The van der Waals surface area contributed by atoms with Gasteiger partial charge in [-0.2, -0.15) is 5.26 Å². The van der Waals surface area contributed by atoms with Gasteiger partial charge in [0.05, 0.1) is 24.7 Å². The maximum Gasteiger partial charge on any atom is 0.415 e. The largest absolute Gasteiger partial charge is 0.460 e. The van der Waals surface area contributed by atoms with E-state index in [4.69, 9.17) is 14.7 Å². The number of esters is 1. The molecule has 1 atom stereocenters. The van der Waals surface area contributed by atoms with Crippen molar-refractivity contribution in [3.05, 3.63) is 65.7 Å². The van der Waals surface area contributed by atoms with Crippen LogP contribution in [-0.2, 0) is 25.7 Å². The predicted molar refractivity (Wildman–Crippen MR) is 118 cm³/mol. The van der Waals surface area contributed by atoms with Gasteiger partial charge in [0.15, 0.2) is 6.10 Å². The van der Waals surface area contributed by atoms with E-state index in [1.54, 1.807) is 29.2 Å². The summed E-state index contributed by atoms with van der Waals surface area (Å²) in [5, 5.41) is 8.91. The number of carbonyl (C=O) groups is 3. The minimum absolute atomic E-state index is 0.121. The Morgan fingerprint density at radius 3 is 2.39 bits per heavy atom. The van der Waals surface area contributed by atoms with E-state index >= 15 is 0 Å². The summed E-state index contributed by atoms with van der Waals surface area (Å²) in [4.78, 5) is 42.3. The zero-order valence-corrected chi connectivity index (χ0v) is 18.1.